The summed E-state index contributed by atoms with van der Waals surface area (Å²) in [6.07, 6.45) is 3.19. The van der Waals surface area contributed by atoms with E-state index in [-0.39, 0.29) is 5.69 Å². The minimum Gasteiger partial charge on any atom is -0.477 e. The summed E-state index contributed by atoms with van der Waals surface area (Å²) in [4.78, 5) is 18.3. The zero-order chi connectivity index (χ0) is 9.26. The number of hydrogen-bond donors (Lipinski definition) is 1. The number of aromatic carboxylic acids is 1. The van der Waals surface area contributed by atoms with Crippen molar-refractivity contribution in [1.29, 1.82) is 0 Å². The molecule has 2 aromatic heterocycles. The predicted molar refractivity (Wildman–Crippen MR) is 46.5 cm³/mol. The Labute approximate surface area is 73.9 Å². The molecule has 64 valence electrons. The minimum atomic E-state index is -1.02. The van der Waals surface area contributed by atoms with Crippen molar-refractivity contribution in [2.24, 2.45) is 0 Å². The van der Waals surface area contributed by atoms with Crippen LogP contribution in [0.15, 0.2) is 30.6 Å². The molecule has 2 rings (SSSR count). The normalized spacial score (nSPS) is 10.2. The number of carboxylic acids is 1. The first-order chi connectivity index (χ1) is 6.27. The molecule has 2 heterocycles. The van der Waals surface area contributed by atoms with E-state index >= 15 is 0 Å². The topological polar surface area (TPSA) is 63.1 Å². The molecule has 0 spiro atoms. The summed E-state index contributed by atoms with van der Waals surface area (Å²) in [7, 11) is 0. The van der Waals surface area contributed by atoms with Gasteiger partial charge >= 0.3 is 5.97 Å². The Balaban J connectivity index is 2.69. The molecule has 0 atom stereocenters. The lowest BCUT2D eigenvalue weighted by atomic mass is 10.2. The zero-order valence-corrected chi connectivity index (χ0v) is 6.64. The molecule has 0 saturated heterocycles. The third kappa shape index (κ3) is 1.33. The Kier molecular flexibility index (Phi) is 1.66. The molecule has 1 N–H and O–H groups in total. The minimum absolute atomic E-state index is 0.0421. The summed E-state index contributed by atoms with van der Waals surface area (Å²) >= 11 is 0. The van der Waals surface area contributed by atoms with Gasteiger partial charge in [0.25, 0.3) is 0 Å². The van der Waals surface area contributed by atoms with Crippen LogP contribution in [0.5, 0.6) is 0 Å². The van der Waals surface area contributed by atoms with Crippen LogP contribution in [0, 0.1) is 0 Å². The highest BCUT2D eigenvalue weighted by Gasteiger charge is 2.04. The van der Waals surface area contributed by atoms with Crippen LogP contribution in [-0.4, -0.2) is 21.0 Å². The van der Waals surface area contributed by atoms with Crippen LogP contribution < -0.4 is 0 Å². The fourth-order valence-electron chi connectivity index (χ4n) is 1.09. The molecule has 2 aromatic rings. The van der Waals surface area contributed by atoms with Gasteiger partial charge in [-0.1, -0.05) is 6.07 Å². The average molecular weight is 174 g/mol. The number of carboxylic acid groups (broad SMARTS) is 1. The number of nitrogens with zero attached hydrogens (tertiary/aromatic N) is 2. The van der Waals surface area contributed by atoms with E-state index < -0.39 is 5.97 Å². The predicted octanol–water partition coefficient (Wildman–Crippen LogP) is 1.33. The summed E-state index contributed by atoms with van der Waals surface area (Å²) in [6.45, 7) is 0. The Morgan fingerprint density at radius 2 is 2.15 bits per heavy atom. The maximum atomic E-state index is 10.6. The van der Waals surface area contributed by atoms with E-state index in [1.165, 1.54) is 6.07 Å². The largest absolute Gasteiger partial charge is 0.477 e. The summed E-state index contributed by atoms with van der Waals surface area (Å²) in [6, 6.07) is 4.98. The molecule has 0 amide bonds. The first kappa shape index (κ1) is 7.67. The van der Waals surface area contributed by atoms with Crippen molar-refractivity contribution < 1.29 is 9.90 Å². The molecule has 13 heavy (non-hydrogen) atoms. The van der Waals surface area contributed by atoms with Gasteiger partial charge in [-0.05, 0) is 12.1 Å². The van der Waals surface area contributed by atoms with Crippen LogP contribution in [0.3, 0.4) is 0 Å². The summed E-state index contributed by atoms with van der Waals surface area (Å²) in [5, 5.41) is 9.55. The van der Waals surface area contributed by atoms with Crippen molar-refractivity contribution in [3.05, 3.63) is 36.3 Å². The Morgan fingerprint density at radius 3 is 2.92 bits per heavy atom. The van der Waals surface area contributed by atoms with E-state index in [0.29, 0.717) is 5.52 Å². The van der Waals surface area contributed by atoms with Crippen molar-refractivity contribution >= 4 is 16.9 Å². The van der Waals surface area contributed by atoms with E-state index in [2.05, 4.69) is 9.97 Å². The highest BCUT2D eigenvalue weighted by Crippen LogP contribution is 2.09. The summed E-state index contributed by atoms with van der Waals surface area (Å²) in [5.74, 6) is -1.02. The van der Waals surface area contributed by atoms with Gasteiger partial charge in [0.15, 0.2) is 0 Å². The van der Waals surface area contributed by atoms with Gasteiger partial charge in [0.05, 0.1) is 11.7 Å². The first-order valence-corrected chi connectivity index (χ1v) is 3.71. The average Bonchev–Trinajstić information content (AvgIpc) is 2.17. The van der Waals surface area contributed by atoms with Crippen molar-refractivity contribution in [3.63, 3.8) is 0 Å². The van der Waals surface area contributed by atoms with Crippen molar-refractivity contribution in [1.82, 2.24) is 9.97 Å². The summed E-state index contributed by atoms with van der Waals surface area (Å²) < 4.78 is 0. The van der Waals surface area contributed by atoms with Crippen molar-refractivity contribution in [3.8, 4) is 0 Å². The van der Waals surface area contributed by atoms with Crippen LogP contribution in [-0.2, 0) is 0 Å². The van der Waals surface area contributed by atoms with E-state index in [1.807, 2.05) is 0 Å². The molecule has 0 aliphatic rings. The molecule has 0 aliphatic heterocycles. The second kappa shape index (κ2) is 2.82. The monoisotopic (exact) mass is 174 g/mol. The molecule has 4 nitrogen and oxygen atoms in total. The molecule has 0 fully saturated rings. The molecule has 0 saturated carbocycles. The van der Waals surface area contributed by atoms with Crippen LogP contribution >= 0.6 is 0 Å². The van der Waals surface area contributed by atoms with Gasteiger partial charge in [-0.25, -0.2) is 9.78 Å². The Bertz CT molecular complexity index is 468. The maximum absolute atomic E-state index is 10.6. The molecule has 4 heteroatoms. The van der Waals surface area contributed by atoms with Crippen LogP contribution in [0.1, 0.15) is 10.5 Å². The molecule has 0 bridgehead atoms. The number of fused-ring (bicyclic) bond motifs is 1. The number of hydrogen-bond acceptors (Lipinski definition) is 3. The van der Waals surface area contributed by atoms with Crippen LogP contribution in [0.25, 0.3) is 10.9 Å². The SMILES string of the molecule is O=C(O)c1ccc2ccncc2n1. The maximum Gasteiger partial charge on any atom is 0.354 e. The van der Waals surface area contributed by atoms with Crippen molar-refractivity contribution in [2.45, 2.75) is 0 Å². The second-order valence-corrected chi connectivity index (χ2v) is 2.57. The number of carbonyl (C=O) groups is 1. The lowest BCUT2D eigenvalue weighted by Gasteiger charge is -1.96. The van der Waals surface area contributed by atoms with Gasteiger partial charge in [0.1, 0.15) is 5.69 Å². The van der Waals surface area contributed by atoms with E-state index in [9.17, 15) is 4.79 Å². The number of rotatable bonds is 1. The second-order valence-electron chi connectivity index (χ2n) is 2.57. The van der Waals surface area contributed by atoms with E-state index in [1.54, 1.807) is 24.5 Å². The fraction of sp³-hybridized carbons (Fsp3) is 0. The highest BCUT2D eigenvalue weighted by atomic mass is 16.4. The van der Waals surface area contributed by atoms with Crippen LogP contribution in [0.4, 0.5) is 0 Å². The standard InChI is InChI=1S/C9H6N2O2/c12-9(13)7-2-1-6-3-4-10-5-8(6)11-7/h1-5H,(H,12,13). The molecule has 0 unspecified atom stereocenters. The molecule has 0 aliphatic carbocycles. The van der Waals surface area contributed by atoms with Gasteiger partial charge in [-0.15, -0.1) is 0 Å². The van der Waals surface area contributed by atoms with Crippen molar-refractivity contribution in [2.75, 3.05) is 0 Å². The highest BCUT2D eigenvalue weighted by molar-refractivity contribution is 5.89. The van der Waals surface area contributed by atoms with E-state index in [4.69, 9.17) is 5.11 Å². The van der Waals surface area contributed by atoms with Gasteiger partial charge in [-0.2, -0.15) is 0 Å². The number of pyridine rings is 2. The first-order valence-electron chi connectivity index (χ1n) is 3.71. The van der Waals surface area contributed by atoms with Gasteiger partial charge < -0.3 is 5.11 Å². The molecule has 0 radical (unpaired) electrons. The zero-order valence-electron chi connectivity index (χ0n) is 6.64. The van der Waals surface area contributed by atoms with Crippen LogP contribution in [0.2, 0.25) is 0 Å². The number of aromatic nitrogens is 2. The van der Waals surface area contributed by atoms with Gasteiger partial charge in [-0.3, -0.25) is 4.98 Å². The Morgan fingerprint density at radius 1 is 1.31 bits per heavy atom. The molecular weight excluding hydrogens is 168 g/mol. The lowest BCUT2D eigenvalue weighted by molar-refractivity contribution is 0.0691. The fourth-order valence-corrected chi connectivity index (χ4v) is 1.09. The third-order valence-corrected chi connectivity index (χ3v) is 1.71. The smallest absolute Gasteiger partial charge is 0.354 e. The summed E-state index contributed by atoms with van der Waals surface area (Å²) in [5.41, 5.74) is 0.642. The van der Waals surface area contributed by atoms with Gasteiger partial charge in [0, 0.05) is 11.6 Å². The van der Waals surface area contributed by atoms with E-state index in [0.717, 1.165) is 5.39 Å². The van der Waals surface area contributed by atoms with Gasteiger partial charge in [0.2, 0.25) is 0 Å². The molecular formula is C9H6N2O2. The Hall–Kier alpha value is -1.97. The quantitative estimate of drug-likeness (QED) is 0.708. The molecule has 0 aromatic carbocycles. The third-order valence-electron chi connectivity index (χ3n) is 1.71. The lowest BCUT2D eigenvalue weighted by Crippen LogP contribution is -1.99.